The smallest absolute Gasteiger partial charge is 0.151 e. The molecule has 2 aliphatic heterocycles. The Morgan fingerprint density at radius 2 is 2.21 bits per heavy atom. The fraction of sp³-hybridized carbons (Fsp3) is 0.900. The van der Waals surface area contributed by atoms with E-state index in [2.05, 4.69) is 10.2 Å². The van der Waals surface area contributed by atoms with Gasteiger partial charge in [0.25, 0.3) is 0 Å². The average molecular weight is 198 g/mol. The van der Waals surface area contributed by atoms with Gasteiger partial charge in [-0.3, -0.25) is 9.69 Å². The first-order valence-corrected chi connectivity index (χ1v) is 5.40. The Bertz CT molecular complexity index is 196. The number of rotatable bonds is 3. The molecule has 2 rings (SSSR count). The van der Waals surface area contributed by atoms with Crippen molar-refractivity contribution in [2.75, 3.05) is 45.9 Å². The molecule has 2 aliphatic rings. The maximum atomic E-state index is 11.8. The lowest BCUT2D eigenvalue weighted by Gasteiger charge is -2.26. The summed E-state index contributed by atoms with van der Waals surface area (Å²) in [5.41, 5.74) is 0. The summed E-state index contributed by atoms with van der Waals surface area (Å²) in [5.74, 6) is 0.662. The number of ether oxygens (including phenoxy) is 1. The van der Waals surface area contributed by atoms with Gasteiger partial charge >= 0.3 is 0 Å². The van der Waals surface area contributed by atoms with Crippen LogP contribution < -0.4 is 5.32 Å². The minimum Gasteiger partial charge on any atom is -0.379 e. The van der Waals surface area contributed by atoms with Crippen LogP contribution in [0.2, 0.25) is 0 Å². The fourth-order valence-electron chi connectivity index (χ4n) is 2.04. The van der Waals surface area contributed by atoms with E-state index in [0.717, 1.165) is 45.8 Å². The van der Waals surface area contributed by atoms with E-state index in [1.165, 1.54) is 0 Å². The van der Waals surface area contributed by atoms with E-state index in [1.54, 1.807) is 0 Å². The Kier molecular flexibility index (Phi) is 3.50. The van der Waals surface area contributed by atoms with Crippen LogP contribution in [0.5, 0.6) is 0 Å². The van der Waals surface area contributed by atoms with Crippen molar-refractivity contribution in [3.63, 3.8) is 0 Å². The van der Waals surface area contributed by atoms with E-state index in [4.69, 9.17) is 4.74 Å². The lowest BCUT2D eigenvalue weighted by Crippen LogP contribution is -2.41. The van der Waals surface area contributed by atoms with Crippen molar-refractivity contribution in [3.8, 4) is 0 Å². The molecule has 0 saturated carbocycles. The molecule has 2 fully saturated rings. The van der Waals surface area contributed by atoms with Gasteiger partial charge in [0.2, 0.25) is 0 Å². The summed E-state index contributed by atoms with van der Waals surface area (Å²) in [6.07, 6.45) is 1.02. The Labute approximate surface area is 84.6 Å². The average Bonchev–Trinajstić information content (AvgIpc) is 2.72. The highest BCUT2D eigenvalue weighted by Crippen LogP contribution is 2.10. The number of nitrogens with zero attached hydrogens (tertiary/aromatic N) is 1. The van der Waals surface area contributed by atoms with Crippen LogP contribution in [-0.2, 0) is 9.53 Å². The van der Waals surface area contributed by atoms with E-state index in [1.807, 2.05) is 0 Å². The van der Waals surface area contributed by atoms with Gasteiger partial charge in [0.1, 0.15) is 0 Å². The van der Waals surface area contributed by atoms with Crippen molar-refractivity contribution in [1.29, 1.82) is 0 Å². The van der Waals surface area contributed by atoms with E-state index in [0.29, 0.717) is 12.3 Å². The maximum absolute atomic E-state index is 11.8. The van der Waals surface area contributed by atoms with Gasteiger partial charge in [0.15, 0.2) is 5.78 Å². The van der Waals surface area contributed by atoms with Crippen molar-refractivity contribution >= 4 is 5.78 Å². The molecule has 0 aromatic heterocycles. The summed E-state index contributed by atoms with van der Waals surface area (Å²) in [7, 11) is 0. The van der Waals surface area contributed by atoms with Crippen molar-refractivity contribution in [2.24, 2.45) is 5.92 Å². The van der Waals surface area contributed by atoms with Crippen molar-refractivity contribution in [2.45, 2.75) is 6.42 Å². The molecule has 1 atom stereocenters. The standard InChI is InChI=1S/C10H18N2O2/c13-10(9-1-2-11-7-9)8-12-3-5-14-6-4-12/h9,11H,1-8H2. The number of morpholine rings is 1. The van der Waals surface area contributed by atoms with Crippen LogP contribution in [0.1, 0.15) is 6.42 Å². The topological polar surface area (TPSA) is 41.6 Å². The minimum absolute atomic E-state index is 0.262. The molecule has 80 valence electrons. The summed E-state index contributed by atoms with van der Waals surface area (Å²) in [4.78, 5) is 14.0. The molecule has 0 amide bonds. The highest BCUT2D eigenvalue weighted by atomic mass is 16.5. The van der Waals surface area contributed by atoms with E-state index >= 15 is 0 Å². The van der Waals surface area contributed by atoms with Crippen molar-refractivity contribution < 1.29 is 9.53 Å². The van der Waals surface area contributed by atoms with Gasteiger partial charge in [-0.25, -0.2) is 0 Å². The first-order valence-electron chi connectivity index (χ1n) is 5.40. The number of ketones is 1. The van der Waals surface area contributed by atoms with Crippen LogP contribution in [0.15, 0.2) is 0 Å². The zero-order valence-electron chi connectivity index (χ0n) is 8.50. The first kappa shape index (κ1) is 10.1. The minimum atomic E-state index is 0.262. The molecule has 2 saturated heterocycles. The molecular formula is C10H18N2O2. The zero-order valence-corrected chi connectivity index (χ0v) is 8.50. The zero-order chi connectivity index (χ0) is 9.80. The number of nitrogens with one attached hydrogen (secondary N) is 1. The third-order valence-electron chi connectivity index (χ3n) is 3.00. The van der Waals surface area contributed by atoms with Crippen LogP contribution in [0, 0.1) is 5.92 Å². The quantitative estimate of drug-likeness (QED) is 0.663. The molecular weight excluding hydrogens is 180 g/mol. The molecule has 4 heteroatoms. The second-order valence-corrected chi connectivity index (χ2v) is 4.04. The molecule has 14 heavy (non-hydrogen) atoms. The van der Waals surface area contributed by atoms with Gasteiger partial charge < -0.3 is 10.1 Å². The molecule has 0 bridgehead atoms. The predicted molar refractivity (Wildman–Crippen MR) is 53.2 cm³/mol. The number of carbonyl (C=O) groups is 1. The van der Waals surface area contributed by atoms with Crippen LogP contribution in [-0.4, -0.2) is 56.6 Å². The Morgan fingerprint density at radius 3 is 2.86 bits per heavy atom. The largest absolute Gasteiger partial charge is 0.379 e. The third-order valence-corrected chi connectivity index (χ3v) is 3.00. The molecule has 4 nitrogen and oxygen atoms in total. The van der Waals surface area contributed by atoms with E-state index < -0.39 is 0 Å². The molecule has 0 aromatic carbocycles. The van der Waals surface area contributed by atoms with Crippen molar-refractivity contribution in [3.05, 3.63) is 0 Å². The van der Waals surface area contributed by atoms with E-state index in [9.17, 15) is 4.79 Å². The molecule has 2 heterocycles. The monoisotopic (exact) mass is 198 g/mol. The van der Waals surface area contributed by atoms with Crippen LogP contribution >= 0.6 is 0 Å². The van der Waals surface area contributed by atoms with Crippen LogP contribution in [0.25, 0.3) is 0 Å². The van der Waals surface area contributed by atoms with Gasteiger partial charge in [-0.15, -0.1) is 0 Å². The molecule has 0 radical (unpaired) electrons. The normalized spacial score (nSPS) is 29.3. The van der Waals surface area contributed by atoms with Gasteiger partial charge in [-0.2, -0.15) is 0 Å². The number of carbonyl (C=O) groups excluding carboxylic acids is 1. The highest BCUT2D eigenvalue weighted by Gasteiger charge is 2.24. The van der Waals surface area contributed by atoms with Crippen LogP contribution in [0.4, 0.5) is 0 Å². The molecule has 0 aromatic rings. The summed E-state index contributed by atoms with van der Waals surface area (Å²) < 4.78 is 5.24. The highest BCUT2D eigenvalue weighted by molar-refractivity contribution is 5.83. The maximum Gasteiger partial charge on any atom is 0.151 e. The second-order valence-electron chi connectivity index (χ2n) is 4.04. The van der Waals surface area contributed by atoms with Gasteiger partial charge in [-0.05, 0) is 13.0 Å². The van der Waals surface area contributed by atoms with Gasteiger partial charge in [0, 0.05) is 25.6 Å². The Balaban J connectivity index is 1.75. The molecule has 0 aliphatic carbocycles. The number of hydrogen-bond donors (Lipinski definition) is 1. The third kappa shape index (κ3) is 2.53. The fourth-order valence-corrected chi connectivity index (χ4v) is 2.04. The Hall–Kier alpha value is -0.450. The number of hydrogen-bond acceptors (Lipinski definition) is 4. The number of Topliss-reactive ketones (excluding diaryl/α,β-unsaturated/α-hetero) is 1. The molecule has 1 N–H and O–H groups in total. The van der Waals surface area contributed by atoms with Crippen molar-refractivity contribution in [1.82, 2.24) is 10.2 Å². The summed E-state index contributed by atoms with van der Waals surface area (Å²) in [6.45, 7) is 5.86. The summed E-state index contributed by atoms with van der Waals surface area (Å²) >= 11 is 0. The lowest BCUT2D eigenvalue weighted by molar-refractivity contribution is -0.124. The molecule has 0 spiro atoms. The van der Waals surface area contributed by atoms with Crippen LogP contribution in [0.3, 0.4) is 0 Å². The van der Waals surface area contributed by atoms with E-state index in [-0.39, 0.29) is 5.92 Å². The Morgan fingerprint density at radius 1 is 1.43 bits per heavy atom. The molecule has 1 unspecified atom stereocenters. The first-order chi connectivity index (χ1) is 6.86. The predicted octanol–water partition coefficient (Wildman–Crippen LogP) is -0.503. The summed E-state index contributed by atoms with van der Waals surface area (Å²) in [6, 6.07) is 0. The van der Waals surface area contributed by atoms with Gasteiger partial charge in [0.05, 0.1) is 19.8 Å². The van der Waals surface area contributed by atoms with Gasteiger partial charge in [-0.1, -0.05) is 0 Å². The lowest BCUT2D eigenvalue weighted by atomic mass is 10.0. The second kappa shape index (κ2) is 4.87. The summed E-state index contributed by atoms with van der Waals surface area (Å²) in [5, 5.41) is 3.23. The SMILES string of the molecule is O=C(CN1CCOCC1)C1CCNC1.